The van der Waals surface area contributed by atoms with Gasteiger partial charge in [0.25, 0.3) is 5.91 Å². The van der Waals surface area contributed by atoms with Crippen molar-refractivity contribution in [3.05, 3.63) is 23.4 Å². The molecule has 0 saturated carbocycles. The Hall–Kier alpha value is -1.27. The minimum absolute atomic E-state index is 0.0688. The fourth-order valence-electron chi connectivity index (χ4n) is 1.90. The van der Waals surface area contributed by atoms with Crippen molar-refractivity contribution >= 4 is 23.5 Å². The third kappa shape index (κ3) is 6.35. The molecule has 118 valence electrons. The number of nitrogens with one attached hydrogen (secondary N) is 2. The van der Waals surface area contributed by atoms with Crippen LogP contribution >= 0.6 is 11.8 Å². The molecule has 0 radical (unpaired) electrons. The van der Waals surface area contributed by atoms with Crippen molar-refractivity contribution in [3.8, 4) is 0 Å². The summed E-state index contributed by atoms with van der Waals surface area (Å²) in [5.41, 5.74) is 3.97. The first-order chi connectivity index (χ1) is 10.1. The average molecular weight is 310 g/mol. The molecule has 1 aromatic rings. The third-order valence-electron chi connectivity index (χ3n) is 3.16. The molecule has 1 aromatic heterocycles. The van der Waals surface area contributed by atoms with Crippen LogP contribution in [0.5, 0.6) is 0 Å². The van der Waals surface area contributed by atoms with Crippen LogP contribution in [0, 0.1) is 0 Å². The van der Waals surface area contributed by atoms with Gasteiger partial charge in [-0.25, -0.2) is 10.8 Å². The van der Waals surface area contributed by atoms with Crippen LogP contribution in [0.1, 0.15) is 55.1 Å². The Balaban J connectivity index is 2.55. The molecule has 0 aliphatic heterocycles. The molecule has 4 N–H and O–H groups in total. The molecule has 0 aliphatic rings. The summed E-state index contributed by atoms with van der Waals surface area (Å²) in [4.78, 5) is 16.5. The lowest BCUT2D eigenvalue weighted by Gasteiger charge is -2.11. The quantitative estimate of drug-likeness (QED) is 0.371. The Morgan fingerprint density at radius 2 is 2.10 bits per heavy atom. The zero-order valence-electron chi connectivity index (χ0n) is 13.1. The Labute approximate surface area is 131 Å². The summed E-state index contributed by atoms with van der Waals surface area (Å²) in [6.07, 6.45) is 5.46. The number of nitrogens with two attached hydrogens (primary N) is 1. The van der Waals surface area contributed by atoms with E-state index in [2.05, 4.69) is 22.0 Å². The summed E-state index contributed by atoms with van der Waals surface area (Å²) >= 11 is 1.86. The first kappa shape index (κ1) is 17.8. The molecular weight excluding hydrogens is 284 g/mol. The van der Waals surface area contributed by atoms with Gasteiger partial charge in [-0.1, -0.05) is 20.3 Å². The molecule has 0 atom stereocenters. The fraction of sp³-hybridized carbons (Fsp3) is 0.600. The second kappa shape index (κ2) is 9.63. The van der Waals surface area contributed by atoms with Crippen LogP contribution in [-0.4, -0.2) is 29.4 Å². The Kier molecular flexibility index (Phi) is 8.15. The van der Waals surface area contributed by atoms with Crippen molar-refractivity contribution in [2.24, 2.45) is 5.84 Å². The first-order valence-electron chi connectivity index (χ1n) is 7.34. The Bertz CT molecular complexity index is 451. The summed E-state index contributed by atoms with van der Waals surface area (Å²) in [7, 11) is 0. The molecule has 6 heteroatoms. The Morgan fingerprint density at radius 1 is 1.33 bits per heavy atom. The van der Waals surface area contributed by atoms with Gasteiger partial charge in [-0.05, 0) is 42.9 Å². The van der Waals surface area contributed by atoms with Gasteiger partial charge >= 0.3 is 0 Å². The lowest BCUT2D eigenvalue weighted by molar-refractivity contribution is 0.0953. The zero-order chi connectivity index (χ0) is 15.7. The van der Waals surface area contributed by atoms with E-state index in [1.807, 2.05) is 31.7 Å². The summed E-state index contributed by atoms with van der Waals surface area (Å²) in [6.45, 7) is 4.78. The van der Waals surface area contributed by atoms with Crippen LogP contribution < -0.4 is 16.6 Å². The fourth-order valence-corrected chi connectivity index (χ4v) is 2.40. The van der Waals surface area contributed by atoms with Gasteiger partial charge < -0.3 is 10.7 Å². The maximum Gasteiger partial charge on any atom is 0.251 e. The lowest BCUT2D eigenvalue weighted by atomic mass is 10.1. The van der Waals surface area contributed by atoms with Crippen molar-refractivity contribution in [1.82, 2.24) is 10.3 Å². The van der Waals surface area contributed by atoms with Gasteiger partial charge in [0.15, 0.2) is 0 Å². The summed E-state index contributed by atoms with van der Waals surface area (Å²) in [5.74, 6) is 7.29. The number of aromatic nitrogens is 1. The molecule has 0 spiro atoms. The molecule has 0 unspecified atom stereocenters. The van der Waals surface area contributed by atoms with Gasteiger partial charge in [0.05, 0.1) is 0 Å². The number of nitrogen functional groups attached to an aromatic ring is 1. The normalized spacial score (nSPS) is 10.7. The van der Waals surface area contributed by atoms with E-state index in [4.69, 9.17) is 5.84 Å². The number of amides is 1. The van der Waals surface area contributed by atoms with Crippen LogP contribution in [0.4, 0.5) is 5.82 Å². The average Bonchev–Trinajstić information content (AvgIpc) is 2.49. The van der Waals surface area contributed by atoms with E-state index in [-0.39, 0.29) is 11.8 Å². The van der Waals surface area contributed by atoms with E-state index >= 15 is 0 Å². The predicted octanol–water partition coefficient (Wildman–Crippen LogP) is 2.75. The van der Waals surface area contributed by atoms with Crippen LogP contribution in [0.2, 0.25) is 0 Å². The SMILES string of the molecule is CSCCCCCNC(=O)c1cc(NN)nc(C(C)C)c1. The van der Waals surface area contributed by atoms with Gasteiger partial charge in [-0.15, -0.1) is 0 Å². The van der Waals surface area contributed by atoms with Crippen LogP contribution in [0.15, 0.2) is 12.1 Å². The highest BCUT2D eigenvalue weighted by atomic mass is 32.2. The molecule has 5 nitrogen and oxygen atoms in total. The summed E-state index contributed by atoms with van der Waals surface area (Å²) in [6, 6.07) is 3.50. The third-order valence-corrected chi connectivity index (χ3v) is 3.85. The molecule has 1 rings (SSSR count). The van der Waals surface area contributed by atoms with Gasteiger partial charge in [-0.2, -0.15) is 11.8 Å². The highest BCUT2D eigenvalue weighted by molar-refractivity contribution is 7.98. The number of anilines is 1. The van der Waals surface area contributed by atoms with E-state index in [1.165, 1.54) is 12.2 Å². The van der Waals surface area contributed by atoms with E-state index in [9.17, 15) is 4.79 Å². The van der Waals surface area contributed by atoms with Gasteiger partial charge in [0, 0.05) is 17.8 Å². The topological polar surface area (TPSA) is 80.0 Å². The molecular formula is C15H26N4OS. The van der Waals surface area contributed by atoms with Gasteiger partial charge in [0.2, 0.25) is 0 Å². The largest absolute Gasteiger partial charge is 0.352 e. The monoisotopic (exact) mass is 310 g/mol. The van der Waals surface area contributed by atoms with Crippen molar-refractivity contribution in [2.75, 3.05) is 24.0 Å². The lowest BCUT2D eigenvalue weighted by Crippen LogP contribution is -2.25. The Morgan fingerprint density at radius 3 is 2.71 bits per heavy atom. The molecule has 0 saturated heterocycles. The van der Waals surface area contributed by atoms with Gasteiger partial charge in [0.1, 0.15) is 5.82 Å². The number of hydrogen-bond donors (Lipinski definition) is 3. The maximum absolute atomic E-state index is 12.2. The number of carbonyl (C=O) groups excluding carboxylic acids is 1. The smallest absolute Gasteiger partial charge is 0.251 e. The molecule has 21 heavy (non-hydrogen) atoms. The van der Waals surface area contributed by atoms with Crippen molar-refractivity contribution in [2.45, 2.75) is 39.0 Å². The number of hydrazine groups is 1. The van der Waals surface area contributed by atoms with Crippen LogP contribution in [0.25, 0.3) is 0 Å². The predicted molar refractivity (Wildman–Crippen MR) is 90.7 cm³/mol. The minimum atomic E-state index is -0.0688. The number of rotatable bonds is 9. The molecule has 0 fully saturated rings. The van der Waals surface area contributed by atoms with Crippen molar-refractivity contribution < 1.29 is 4.79 Å². The van der Waals surface area contributed by atoms with E-state index in [1.54, 1.807) is 6.07 Å². The van der Waals surface area contributed by atoms with Crippen molar-refractivity contribution in [1.29, 1.82) is 0 Å². The summed E-state index contributed by atoms with van der Waals surface area (Å²) < 4.78 is 0. The van der Waals surface area contributed by atoms with E-state index in [0.29, 0.717) is 17.9 Å². The highest BCUT2D eigenvalue weighted by Gasteiger charge is 2.11. The zero-order valence-corrected chi connectivity index (χ0v) is 13.9. The number of hydrogen-bond acceptors (Lipinski definition) is 5. The van der Waals surface area contributed by atoms with E-state index < -0.39 is 0 Å². The number of unbranched alkanes of at least 4 members (excludes halogenated alkanes) is 2. The van der Waals surface area contributed by atoms with Crippen LogP contribution in [-0.2, 0) is 0 Å². The molecule has 1 heterocycles. The second-order valence-corrected chi connectivity index (χ2v) is 6.26. The highest BCUT2D eigenvalue weighted by Crippen LogP contribution is 2.17. The van der Waals surface area contributed by atoms with Crippen molar-refractivity contribution in [3.63, 3.8) is 0 Å². The molecule has 0 aliphatic carbocycles. The number of nitrogens with zero attached hydrogens (tertiary/aromatic N) is 1. The van der Waals surface area contributed by atoms with Crippen LogP contribution in [0.3, 0.4) is 0 Å². The van der Waals surface area contributed by atoms with E-state index in [0.717, 1.165) is 18.5 Å². The summed E-state index contributed by atoms with van der Waals surface area (Å²) in [5, 5.41) is 2.95. The second-order valence-electron chi connectivity index (χ2n) is 5.27. The molecule has 0 bridgehead atoms. The molecule has 1 amide bonds. The minimum Gasteiger partial charge on any atom is -0.352 e. The maximum atomic E-state index is 12.2. The first-order valence-corrected chi connectivity index (χ1v) is 8.73. The number of carbonyl (C=O) groups is 1. The van der Waals surface area contributed by atoms with Gasteiger partial charge in [-0.3, -0.25) is 4.79 Å². The number of thioether (sulfide) groups is 1. The standard InChI is InChI=1S/C15H26N4OS/c1-11(2)13-9-12(10-14(18-13)19-16)15(20)17-7-5-4-6-8-21-3/h9-11H,4-8,16H2,1-3H3,(H,17,20)(H,18,19). The number of pyridine rings is 1. The molecule has 0 aromatic carbocycles.